The van der Waals surface area contributed by atoms with Gasteiger partial charge >= 0.3 is 0 Å². The summed E-state index contributed by atoms with van der Waals surface area (Å²) in [6.45, 7) is 8.87. The number of nitrogens with one attached hydrogen (secondary N) is 1. The topological polar surface area (TPSA) is 44.8 Å². The molecule has 5 heteroatoms. The molecule has 1 N–H and O–H groups in total. The fraction of sp³-hybridized carbons (Fsp3) is 0.923. The van der Waals surface area contributed by atoms with Gasteiger partial charge in [0.2, 0.25) is 5.91 Å². The van der Waals surface area contributed by atoms with E-state index in [1.165, 1.54) is 0 Å². The lowest BCUT2D eigenvalue weighted by Crippen LogP contribution is -2.50. The van der Waals surface area contributed by atoms with Gasteiger partial charge in [0.25, 0.3) is 0 Å². The summed E-state index contributed by atoms with van der Waals surface area (Å²) < 4.78 is 5.64. The van der Waals surface area contributed by atoms with Gasteiger partial charge in [0.1, 0.15) is 0 Å². The van der Waals surface area contributed by atoms with E-state index in [2.05, 4.69) is 17.1 Å². The standard InChI is InChI=1S/C13H25N3O2/c1-2-15(10-12-4-3-9-18-12)11-13(17)16-7-5-14-6-8-16/h12,14H,2-11H2,1H3. The average molecular weight is 255 g/mol. The van der Waals surface area contributed by atoms with Gasteiger partial charge in [0.05, 0.1) is 12.6 Å². The van der Waals surface area contributed by atoms with Crippen molar-refractivity contribution >= 4 is 5.91 Å². The number of ether oxygens (including phenoxy) is 1. The SMILES string of the molecule is CCN(CC(=O)N1CCNCC1)CC1CCCO1. The van der Waals surface area contributed by atoms with Crippen LogP contribution < -0.4 is 5.32 Å². The second-order valence-electron chi connectivity index (χ2n) is 5.09. The fourth-order valence-electron chi connectivity index (χ4n) is 2.59. The Morgan fingerprint density at radius 1 is 1.44 bits per heavy atom. The van der Waals surface area contributed by atoms with Crippen LogP contribution in [0.4, 0.5) is 0 Å². The van der Waals surface area contributed by atoms with E-state index in [1.807, 2.05) is 4.90 Å². The van der Waals surface area contributed by atoms with E-state index in [9.17, 15) is 4.79 Å². The maximum atomic E-state index is 12.2. The monoisotopic (exact) mass is 255 g/mol. The average Bonchev–Trinajstić information content (AvgIpc) is 2.91. The highest BCUT2D eigenvalue weighted by Gasteiger charge is 2.22. The molecule has 1 unspecified atom stereocenters. The first kappa shape index (κ1) is 13.8. The molecule has 1 atom stereocenters. The van der Waals surface area contributed by atoms with Crippen molar-refractivity contribution in [2.24, 2.45) is 0 Å². The maximum Gasteiger partial charge on any atom is 0.236 e. The molecule has 2 fully saturated rings. The Bertz CT molecular complexity index is 261. The molecule has 5 nitrogen and oxygen atoms in total. The van der Waals surface area contributed by atoms with Crippen molar-refractivity contribution in [3.8, 4) is 0 Å². The van der Waals surface area contributed by atoms with Crippen molar-refractivity contribution < 1.29 is 9.53 Å². The number of amides is 1. The van der Waals surface area contributed by atoms with Crippen molar-refractivity contribution in [1.82, 2.24) is 15.1 Å². The van der Waals surface area contributed by atoms with Gasteiger partial charge in [-0.3, -0.25) is 9.69 Å². The van der Waals surface area contributed by atoms with E-state index in [-0.39, 0.29) is 5.91 Å². The van der Waals surface area contributed by atoms with Crippen LogP contribution in [0.1, 0.15) is 19.8 Å². The number of likely N-dealkylation sites (N-methyl/N-ethyl adjacent to an activating group) is 1. The Balaban J connectivity index is 1.75. The van der Waals surface area contributed by atoms with Crippen molar-refractivity contribution in [3.63, 3.8) is 0 Å². The predicted octanol–water partition coefficient (Wildman–Crippen LogP) is -0.0809. The van der Waals surface area contributed by atoms with Crippen LogP contribution in [0.15, 0.2) is 0 Å². The molecule has 0 aliphatic carbocycles. The van der Waals surface area contributed by atoms with Crippen molar-refractivity contribution in [3.05, 3.63) is 0 Å². The highest BCUT2D eigenvalue weighted by atomic mass is 16.5. The van der Waals surface area contributed by atoms with Gasteiger partial charge in [0, 0.05) is 39.3 Å². The Labute approximate surface area is 109 Å². The third-order valence-corrected chi connectivity index (χ3v) is 3.76. The summed E-state index contributed by atoms with van der Waals surface area (Å²) in [4.78, 5) is 16.3. The molecule has 0 radical (unpaired) electrons. The summed E-state index contributed by atoms with van der Waals surface area (Å²) in [5.74, 6) is 0.261. The van der Waals surface area contributed by atoms with E-state index in [4.69, 9.17) is 4.74 Å². The van der Waals surface area contributed by atoms with Crippen molar-refractivity contribution in [2.75, 3.05) is 52.4 Å². The van der Waals surface area contributed by atoms with Crippen LogP contribution in [-0.4, -0.2) is 74.2 Å². The number of rotatable bonds is 5. The second-order valence-corrected chi connectivity index (χ2v) is 5.09. The van der Waals surface area contributed by atoms with Crippen LogP contribution in [0, 0.1) is 0 Å². The molecule has 0 aromatic carbocycles. The first-order chi connectivity index (χ1) is 8.79. The largest absolute Gasteiger partial charge is 0.377 e. The molecule has 18 heavy (non-hydrogen) atoms. The van der Waals surface area contributed by atoms with Crippen LogP contribution in [0.2, 0.25) is 0 Å². The minimum atomic E-state index is 0.261. The number of hydrogen-bond donors (Lipinski definition) is 1. The molecule has 0 spiro atoms. The Kier molecular flexibility index (Phi) is 5.41. The van der Waals surface area contributed by atoms with Gasteiger partial charge in [-0.2, -0.15) is 0 Å². The van der Waals surface area contributed by atoms with Crippen LogP contribution in [-0.2, 0) is 9.53 Å². The molecule has 2 aliphatic rings. The van der Waals surface area contributed by atoms with Crippen LogP contribution in [0.5, 0.6) is 0 Å². The molecule has 2 saturated heterocycles. The van der Waals surface area contributed by atoms with Gasteiger partial charge in [-0.1, -0.05) is 6.92 Å². The van der Waals surface area contributed by atoms with Crippen LogP contribution in [0.25, 0.3) is 0 Å². The quantitative estimate of drug-likeness (QED) is 0.746. The highest BCUT2D eigenvalue weighted by molar-refractivity contribution is 5.78. The zero-order chi connectivity index (χ0) is 12.8. The lowest BCUT2D eigenvalue weighted by molar-refractivity contribution is -0.133. The maximum absolute atomic E-state index is 12.2. The molecule has 1 amide bonds. The minimum absolute atomic E-state index is 0.261. The van der Waals surface area contributed by atoms with Gasteiger partial charge in [-0.25, -0.2) is 0 Å². The zero-order valence-corrected chi connectivity index (χ0v) is 11.4. The zero-order valence-electron chi connectivity index (χ0n) is 11.4. The summed E-state index contributed by atoms with van der Waals surface area (Å²) in [7, 11) is 0. The summed E-state index contributed by atoms with van der Waals surface area (Å²) in [6.07, 6.45) is 2.63. The smallest absolute Gasteiger partial charge is 0.236 e. The fourth-order valence-corrected chi connectivity index (χ4v) is 2.59. The summed E-state index contributed by atoms with van der Waals surface area (Å²) in [5.41, 5.74) is 0. The molecule has 0 aromatic rings. The first-order valence-corrected chi connectivity index (χ1v) is 7.12. The second kappa shape index (κ2) is 7.07. The van der Waals surface area contributed by atoms with E-state index in [1.54, 1.807) is 0 Å². The van der Waals surface area contributed by atoms with Crippen molar-refractivity contribution in [1.29, 1.82) is 0 Å². The Morgan fingerprint density at radius 2 is 2.22 bits per heavy atom. The number of carbonyl (C=O) groups is 1. The molecule has 2 rings (SSSR count). The molecule has 0 saturated carbocycles. The van der Waals surface area contributed by atoms with Crippen LogP contribution in [0.3, 0.4) is 0 Å². The lowest BCUT2D eigenvalue weighted by atomic mass is 10.2. The molecule has 2 aliphatic heterocycles. The van der Waals surface area contributed by atoms with Gasteiger partial charge in [-0.05, 0) is 19.4 Å². The van der Waals surface area contributed by atoms with E-state index < -0.39 is 0 Å². The van der Waals surface area contributed by atoms with E-state index in [0.717, 1.165) is 58.7 Å². The highest BCUT2D eigenvalue weighted by Crippen LogP contribution is 2.13. The van der Waals surface area contributed by atoms with E-state index in [0.29, 0.717) is 12.6 Å². The molecule has 0 bridgehead atoms. The Hall–Kier alpha value is -0.650. The third kappa shape index (κ3) is 3.93. The number of carbonyl (C=O) groups excluding carboxylic acids is 1. The number of hydrogen-bond acceptors (Lipinski definition) is 4. The number of piperazine rings is 1. The Morgan fingerprint density at radius 3 is 2.83 bits per heavy atom. The predicted molar refractivity (Wildman–Crippen MR) is 70.5 cm³/mol. The third-order valence-electron chi connectivity index (χ3n) is 3.76. The van der Waals surface area contributed by atoms with Gasteiger partial charge < -0.3 is 15.0 Å². The summed E-state index contributed by atoms with van der Waals surface area (Å²) in [6, 6.07) is 0. The minimum Gasteiger partial charge on any atom is -0.377 e. The van der Waals surface area contributed by atoms with Crippen LogP contribution >= 0.6 is 0 Å². The van der Waals surface area contributed by atoms with Gasteiger partial charge in [0.15, 0.2) is 0 Å². The van der Waals surface area contributed by atoms with E-state index >= 15 is 0 Å². The number of nitrogens with zero attached hydrogens (tertiary/aromatic N) is 2. The molecule has 0 aromatic heterocycles. The molecular formula is C13H25N3O2. The van der Waals surface area contributed by atoms with Crippen molar-refractivity contribution in [2.45, 2.75) is 25.9 Å². The van der Waals surface area contributed by atoms with Gasteiger partial charge in [-0.15, -0.1) is 0 Å². The summed E-state index contributed by atoms with van der Waals surface area (Å²) in [5, 5.41) is 3.27. The molecule has 2 heterocycles. The molecule has 104 valence electrons. The molecular weight excluding hydrogens is 230 g/mol. The first-order valence-electron chi connectivity index (χ1n) is 7.12. The lowest BCUT2D eigenvalue weighted by Gasteiger charge is -2.30. The normalized spacial score (nSPS) is 24.8. The summed E-state index contributed by atoms with van der Waals surface area (Å²) >= 11 is 0.